The fourth-order valence-electron chi connectivity index (χ4n) is 1.03. The molecular weight excluding hydrogens is 206 g/mol. The maximum atomic E-state index is 10.1. The molecular formula is C11H27N3O2. The van der Waals surface area contributed by atoms with E-state index in [9.17, 15) is 4.79 Å². The molecule has 0 aromatic heterocycles. The van der Waals surface area contributed by atoms with Crippen molar-refractivity contribution in [2.75, 3.05) is 13.1 Å². The molecule has 7 N–H and O–H groups in total. The number of aliphatic carboxylic acids is 1. The minimum atomic E-state index is -0.933. The highest BCUT2D eigenvalue weighted by atomic mass is 16.4. The first kappa shape index (κ1) is 17.7. The summed E-state index contributed by atoms with van der Waals surface area (Å²) in [6, 6.07) is -0.716. The zero-order valence-electron chi connectivity index (χ0n) is 10.3. The molecule has 0 aromatic carbocycles. The molecule has 0 saturated heterocycles. The van der Waals surface area contributed by atoms with Crippen molar-refractivity contribution in [3.05, 3.63) is 0 Å². The van der Waals surface area contributed by atoms with Crippen molar-refractivity contribution in [2.45, 2.75) is 51.5 Å². The van der Waals surface area contributed by atoms with Gasteiger partial charge in [-0.25, -0.2) is 0 Å². The summed E-state index contributed by atoms with van der Waals surface area (Å²) in [4.78, 5) is 10.1. The highest BCUT2D eigenvalue weighted by Crippen LogP contribution is 1.96. The molecule has 0 fully saturated rings. The van der Waals surface area contributed by atoms with E-state index in [4.69, 9.17) is 22.3 Å². The van der Waals surface area contributed by atoms with Crippen molar-refractivity contribution in [1.29, 1.82) is 0 Å². The number of carboxylic acids is 1. The van der Waals surface area contributed by atoms with Gasteiger partial charge in [0, 0.05) is 0 Å². The maximum Gasteiger partial charge on any atom is 0.320 e. The van der Waals surface area contributed by atoms with Gasteiger partial charge >= 0.3 is 5.97 Å². The lowest BCUT2D eigenvalue weighted by Crippen LogP contribution is -2.29. The molecule has 5 heteroatoms. The van der Waals surface area contributed by atoms with Gasteiger partial charge in [-0.15, -0.1) is 0 Å². The number of rotatable bonds is 8. The van der Waals surface area contributed by atoms with Crippen LogP contribution < -0.4 is 17.2 Å². The third kappa shape index (κ3) is 15.8. The maximum absolute atomic E-state index is 10.1. The van der Waals surface area contributed by atoms with Crippen LogP contribution in [0.1, 0.15) is 45.4 Å². The molecule has 0 bridgehead atoms. The van der Waals surface area contributed by atoms with Gasteiger partial charge in [0.25, 0.3) is 0 Å². The molecule has 0 rings (SSSR count). The Morgan fingerprint density at radius 1 is 1.12 bits per heavy atom. The quantitative estimate of drug-likeness (QED) is 0.460. The van der Waals surface area contributed by atoms with Crippen LogP contribution in [0.4, 0.5) is 0 Å². The van der Waals surface area contributed by atoms with Gasteiger partial charge in [-0.3, -0.25) is 4.79 Å². The molecule has 0 aliphatic rings. The second-order valence-electron chi connectivity index (χ2n) is 3.72. The van der Waals surface area contributed by atoms with Crippen LogP contribution in [0.5, 0.6) is 0 Å². The van der Waals surface area contributed by atoms with E-state index < -0.39 is 12.0 Å². The zero-order chi connectivity index (χ0) is 12.8. The molecule has 1 atom stereocenters. The van der Waals surface area contributed by atoms with Crippen molar-refractivity contribution >= 4 is 5.97 Å². The Balaban J connectivity index is 0. The Bertz CT molecular complexity index is 150. The number of unbranched alkanes of at least 4 members (excludes halogenated alkanes) is 3. The van der Waals surface area contributed by atoms with Gasteiger partial charge in [0.05, 0.1) is 0 Å². The average molecular weight is 233 g/mol. The predicted octanol–water partition coefficient (Wildman–Crippen LogP) is 0.663. The third-order valence-electron chi connectivity index (χ3n) is 2.09. The summed E-state index contributed by atoms with van der Waals surface area (Å²) in [6.07, 6.45) is 5.92. The van der Waals surface area contributed by atoms with E-state index >= 15 is 0 Å². The minimum Gasteiger partial charge on any atom is -0.480 e. The Morgan fingerprint density at radius 3 is 1.94 bits per heavy atom. The molecule has 0 amide bonds. The second-order valence-corrected chi connectivity index (χ2v) is 3.72. The molecule has 0 aromatic rings. The van der Waals surface area contributed by atoms with Gasteiger partial charge in [0.2, 0.25) is 0 Å². The summed E-state index contributed by atoms with van der Waals surface area (Å²) in [5, 5.41) is 8.33. The molecule has 0 spiro atoms. The van der Waals surface area contributed by atoms with E-state index in [1.165, 1.54) is 19.3 Å². The Morgan fingerprint density at radius 2 is 1.62 bits per heavy atom. The number of hydrogen-bond acceptors (Lipinski definition) is 4. The number of carboxylic acid groups (broad SMARTS) is 1. The first-order valence-corrected chi connectivity index (χ1v) is 5.98. The minimum absolute atomic E-state index is 0.520. The van der Waals surface area contributed by atoms with Crippen molar-refractivity contribution in [2.24, 2.45) is 17.2 Å². The van der Waals surface area contributed by atoms with Crippen LogP contribution in [-0.4, -0.2) is 30.2 Å². The standard InChI is InChI=1S/C6H14N2O2.C5H13N/c7-4-2-1-3-5(8)6(9)10;1-2-3-4-5-6/h5H,1-4,7-8H2,(H,9,10);2-6H2,1H3. The van der Waals surface area contributed by atoms with Crippen LogP contribution in [0.2, 0.25) is 0 Å². The lowest BCUT2D eigenvalue weighted by atomic mass is 10.1. The molecule has 16 heavy (non-hydrogen) atoms. The fourth-order valence-corrected chi connectivity index (χ4v) is 1.03. The van der Waals surface area contributed by atoms with Gasteiger partial charge in [-0.2, -0.15) is 0 Å². The molecule has 5 nitrogen and oxygen atoms in total. The molecule has 0 radical (unpaired) electrons. The average Bonchev–Trinajstić information content (AvgIpc) is 2.27. The Hall–Kier alpha value is -0.650. The van der Waals surface area contributed by atoms with Gasteiger partial charge < -0.3 is 22.3 Å². The van der Waals surface area contributed by atoms with Crippen molar-refractivity contribution in [1.82, 2.24) is 0 Å². The van der Waals surface area contributed by atoms with Crippen molar-refractivity contribution in [3.63, 3.8) is 0 Å². The van der Waals surface area contributed by atoms with Gasteiger partial charge in [-0.05, 0) is 32.4 Å². The molecule has 98 valence electrons. The summed E-state index contributed by atoms with van der Waals surface area (Å²) in [6.45, 7) is 3.63. The molecule has 1 unspecified atom stereocenters. The van der Waals surface area contributed by atoms with Crippen LogP contribution in [-0.2, 0) is 4.79 Å². The summed E-state index contributed by atoms with van der Waals surface area (Å²) in [5.74, 6) is -0.933. The lowest BCUT2D eigenvalue weighted by molar-refractivity contribution is -0.138. The van der Waals surface area contributed by atoms with Crippen molar-refractivity contribution in [3.8, 4) is 0 Å². The highest BCUT2D eigenvalue weighted by molar-refractivity contribution is 5.72. The van der Waals surface area contributed by atoms with Gasteiger partial charge in [0.1, 0.15) is 6.04 Å². The fraction of sp³-hybridized carbons (Fsp3) is 0.909. The lowest BCUT2D eigenvalue weighted by Gasteiger charge is -2.03. The number of carbonyl (C=O) groups is 1. The van der Waals surface area contributed by atoms with Gasteiger partial charge in [0.15, 0.2) is 0 Å². The van der Waals surface area contributed by atoms with Crippen LogP contribution in [0, 0.1) is 0 Å². The van der Waals surface area contributed by atoms with Crippen LogP contribution >= 0.6 is 0 Å². The van der Waals surface area contributed by atoms with Crippen LogP contribution in [0.3, 0.4) is 0 Å². The smallest absolute Gasteiger partial charge is 0.320 e. The SMILES string of the molecule is CCCCCN.NCCCCC(N)C(=O)O. The monoisotopic (exact) mass is 233 g/mol. The van der Waals surface area contributed by atoms with Crippen LogP contribution in [0.15, 0.2) is 0 Å². The first-order valence-electron chi connectivity index (χ1n) is 5.98. The van der Waals surface area contributed by atoms with Crippen LogP contribution in [0.25, 0.3) is 0 Å². The van der Waals surface area contributed by atoms with E-state index in [1.807, 2.05) is 0 Å². The molecule has 0 heterocycles. The normalized spacial score (nSPS) is 11.5. The molecule has 0 aliphatic carbocycles. The second kappa shape index (κ2) is 14.3. The summed E-state index contributed by atoms with van der Waals surface area (Å²) < 4.78 is 0. The Kier molecular flexibility index (Phi) is 15.9. The largest absolute Gasteiger partial charge is 0.480 e. The van der Waals surface area contributed by atoms with E-state index in [-0.39, 0.29) is 0 Å². The molecule has 0 saturated carbocycles. The van der Waals surface area contributed by atoms with E-state index in [0.717, 1.165) is 19.4 Å². The predicted molar refractivity (Wildman–Crippen MR) is 67.1 cm³/mol. The number of hydrogen-bond donors (Lipinski definition) is 4. The van der Waals surface area contributed by atoms with E-state index in [0.29, 0.717) is 13.0 Å². The summed E-state index contributed by atoms with van der Waals surface area (Å²) >= 11 is 0. The summed E-state index contributed by atoms with van der Waals surface area (Å²) in [5.41, 5.74) is 15.6. The summed E-state index contributed by atoms with van der Waals surface area (Å²) in [7, 11) is 0. The topological polar surface area (TPSA) is 115 Å². The first-order chi connectivity index (χ1) is 7.59. The van der Waals surface area contributed by atoms with Gasteiger partial charge in [-0.1, -0.05) is 26.2 Å². The third-order valence-corrected chi connectivity index (χ3v) is 2.09. The van der Waals surface area contributed by atoms with Crippen molar-refractivity contribution < 1.29 is 9.90 Å². The number of nitrogens with two attached hydrogens (primary N) is 3. The van der Waals surface area contributed by atoms with E-state index in [2.05, 4.69) is 6.92 Å². The highest BCUT2D eigenvalue weighted by Gasteiger charge is 2.09. The zero-order valence-corrected chi connectivity index (χ0v) is 10.3. The Labute approximate surface area is 98.4 Å². The molecule has 0 aliphatic heterocycles. The van der Waals surface area contributed by atoms with E-state index in [1.54, 1.807) is 0 Å².